The van der Waals surface area contributed by atoms with Crippen molar-refractivity contribution in [1.82, 2.24) is 20.4 Å². The molecule has 1 aliphatic heterocycles. The number of halogens is 3. The Balaban J connectivity index is 1.04. The van der Waals surface area contributed by atoms with Crippen molar-refractivity contribution < 1.29 is 22.8 Å². The molecule has 2 fully saturated rings. The molecule has 11 heteroatoms. The molecule has 0 spiro atoms. The summed E-state index contributed by atoms with van der Waals surface area (Å²) in [6, 6.07) is 12.1. The summed E-state index contributed by atoms with van der Waals surface area (Å²) in [6.07, 6.45) is 0.215. The van der Waals surface area contributed by atoms with Crippen molar-refractivity contribution in [3.63, 3.8) is 0 Å². The van der Waals surface area contributed by atoms with Gasteiger partial charge in [0.25, 0.3) is 0 Å². The van der Waals surface area contributed by atoms with E-state index in [0.29, 0.717) is 22.9 Å². The molecule has 5 rings (SSSR count). The van der Waals surface area contributed by atoms with E-state index in [4.69, 9.17) is 5.73 Å². The van der Waals surface area contributed by atoms with E-state index in [-0.39, 0.29) is 36.6 Å². The lowest BCUT2D eigenvalue weighted by Gasteiger charge is -2.46. The minimum absolute atomic E-state index is 0.0626. The number of fused-ring (bicyclic) bond motifs is 1. The highest BCUT2D eigenvalue weighted by Gasteiger charge is 2.35. The van der Waals surface area contributed by atoms with E-state index < -0.39 is 11.7 Å². The lowest BCUT2D eigenvalue weighted by atomic mass is 9.80. The first kappa shape index (κ1) is 26.0. The third kappa shape index (κ3) is 5.93. The molecule has 0 unspecified atom stereocenters. The van der Waals surface area contributed by atoms with E-state index in [1.807, 2.05) is 12.1 Å². The second-order valence-electron chi connectivity index (χ2n) is 10.3. The van der Waals surface area contributed by atoms with Crippen LogP contribution in [0.2, 0.25) is 0 Å². The number of alkyl halides is 3. The van der Waals surface area contributed by atoms with E-state index in [0.717, 1.165) is 56.5 Å². The number of anilines is 1. The number of hydrogen-bond acceptors (Lipinski definition) is 5. The molecule has 1 aromatic heterocycles. The number of primary amides is 1. The molecule has 5 N–H and O–H groups in total. The van der Waals surface area contributed by atoms with E-state index in [9.17, 15) is 22.8 Å². The molecule has 0 atom stereocenters. The number of rotatable bonds is 8. The lowest BCUT2D eigenvalue weighted by molar-refractivity contribution is -0.137. The highest BCUT2D eigenvalue weighted by atomic mass is 19.4. The van der Waals surface area contributed by atoms with Crippen LogP contribution in [0.5, 0.6) is 0 Å². The number of carbonyl (C=O) groups is 2. The Morgan fingerprint density at radius 2 is 1.76 bits per heavy atom. The van der Waals surface area contributed by atoms with E-state index in [2.05, 4.69) is 37.9 Å². The molecule has 2 aliphatic rings. The quantitative estimate of drug-likeness (QED) is 0.357. The number of amides is 2. The Hall–Kier alpha value is -3.60. The second-order valence-corrected chi connectivity index (χ2v) is 10.3. The van der Waals surface area contributed by atoms with Gasteiger partial charge in [0.15, 0.2) is 5.82 Å². The third-order valence-electron chi connectivity index (χ3n) is 7.62. The highest BCUT2D eigenvalue weighted by molar-refractivity contribution is 5.92. The van der Waals surface area contributed by atoms with Crippen LogP contribution in [-0.2, 0) is 22.2 Å². The maximum absolute atomic E-state index is 13.0. The Kier molecular flexibility index (Phi) is 7.29. The maximum Gasteiger partial charge on any atom is 0.416 e. The predicted octanol–water partition coefficient (Wildman–Crippen LogP) is 3.55. The summed E-state index contributed by atoms with van der Waals surface area (Å²) in [5, 5.41) is 12.8. The smallest absolute Gasteiger partial charge is 0.369 e. The molecule has 0 bridgehead atoms. The van der Waals surface area contributed by atoms with Gasteiger partial charge in [-0.15, -0.1) is 0 Å². The molecule has 2 aromatic carbocycles. The number of hydrogen-bond donors (Lipinski definition) is 4. The Morgan fingerprint density at radius 3 is 2.42 bits per heavy atom. The summed E-state index contributed by atoms with van der Waals surface area (Å²) in [4.78, 5) is 25.9. The molecule has 1 saturated heterocycles. The maximum atomic E-state index is 13.0. The van der Waals surface area contributed by atoms with Crippen LogP contribution in [0.1, 0.15) is 48.3 Å². The molecule has 1 aliphatic carbocycles. The number of nitrogens with two attached hydrogens (primary N) is 1. The topological polar surface area (TPSA) is 116 Å². The first-order valence-corrected chi connectivity index (χ1v) is 12.9. The predicted molar refractivity (Wildman–Crippen MR) is 137 cm³/mol. The number of nitrogens with one attached hydrogen (secondary N) is 3. The van der Waals surface area contributed by atoms with Crippen molar-refractivity contribution in [2.45, 2.75) is 56.3 Å². The molecule has 38 heavy (non-hydrogen) atoms. The Morgan fingerprint density at radius 1 is 1.05 bits per heavy atom. The lowest BCUT2D eigenvalue weighted by Crippen LogP contribution is -2.63. The number of likely N-dealkylation sites (tertiary alicyclic amines) is 1. The number of aromatic amines is 1. The molecular weight excluding hydrogens is 497 g/mol. The molecule has 8 nitrogen and oxygen atoms in total. The van der Waals surface area contributed by atoms with Gasteiger partial charge in [0.1, 0.15) is 0 Å². The zero-order valence-electron chi connectivity index (χ0n) is 20.9. The molecule has 2 heterocycles. The Labute approximate surface area is 218 Å². The summed E-state index contributed by atoms with van der Waals surface area (Å²) in [6.45, 7) is 1.52. The van der Waals surface area contributed by atoms with Crippen LogP contribution in [0.15, 0.2) is 42.5 Å². The first-order valence-electron chi connectivity index (χ1n) is 12.9. The van der Waals surface area contributed by atoms with Crippen LogP contribution in [0.3, 0.4) is 0 Å². The van der Waals surface area contributed by atoms with Crippen molar-refractivity contribution in [2.24, 2.45) is 5.73 Å². The fourth-order valence-corrected chi connectivity index (χ4v) is 5.55. The molecule has 0 radical (unpaired) electrons. The highest BCUT2D eigenvalue weighted by Crippen LogP contribution is 2.36. The zero-order valence-corrected chi connectivity index (χ0v) is 20.9. The monoisotopic (exact) mass is 528 g/mol. The van der Waals surface area contributed by atoms with E-state index >= 15 is 0 Å². The summed E-state index contributed by atoms with van der Waals surface area (Å²) in [5.41, 5.74) is 7.21. The van der Waals surface area contributed by atoms with Gasteiger partial charge in [0.2, 0.25) is 11.8 Å². The summed E-state index contributed by atoms with van der Waals surface area (Å²) >= 11 is 0. The summed E-state index contributed by atoms with van der Waals surface area (Å²) in [7, 11) is 0. The van der Waals surface area contributed by atoms with Crippen molar-refractivity contribution in [3.8, 4) is 0 Å². The van der Waals surface area contributed by atoms with Crippen LogP contribution in [0.4, 0.5) is 19.0 Å². The van der Waals surface area contributed by atoms with Crippen LogP contribution < -0.4 is 16.4 Å². The van der Waals surface area contributed by atoms with E-state index in [1.54, 1.807) is 0 Å². The van der Waals surface area contributed by atoms with E-state index in [1.165, 1.54) is 11.6 Å². The minimum atomic E-state index is -4.45. The summed E-state index contributed by atoms with van der Waals surface area (Å²) < 4.78 is 39.1. The van der Waals surface area contributed by atoms with Gasteiger partial charge in [-0.25, -0.2) is 0 Å². The fourth-order valence-electron chi connectivity index (χ4n) is 5.55. The van der Waals surface area contributed by atoms with Gasteiger partial charge in [0, 0.05) is 24.5 Å². The van der Waals surface area contributed by atoms with Gasteiger partial charge in [-0.1, -0.05) is 24.3 Å². The molecule has 1 saturated carbocycles. The normalized spacial score (nSPS) is 20.7. The van der Waals surface area contributed by atoms with Gasteiger partial charge < -0.3 is 16.4 Å². The van der Waals surface area contributed by atoms with Crippen molar-refractivity contribution >= 4 is 28.5 Å². The van der Waals surface area contributed by atoms with Crippen molar-refractivity contribution in [1.29, 1.82) is 0 Å². The van der Waals surface area contributed by atoms with Gasteiger partial charge in [-0.3, -0.25) is 19.6 Å². The zero-order chi connectivity index (χ0) is 26.9. The number of carbonyl (C=O) groups excluding carboxylic acids is 2. The van der Waals surface area contributed by atoms with Gasteiger partial charge >= 0.3 is 6.18 Å². The van der Waals surface area contributed by atoms with Gasteiger partial charge in [-0.05, 0) is 60.9 Å². The molecular formula is C27H31F3N6O2. The fraction of sp³-hybridized carbons (Fsp3) is 0.444. The van der Waals surface area contributed by atoms with Crippen molar-refractivity contribution in [3.05, 3.63) is 59.2 Å². The second kappa shape index (κ2) is 10.6. The Bertz CT molecular complexity index is 1290. The number of aromatic nitrogens is 2. The number of benzene rings is 2. The minimum Gasteiger partial charge on any atom is -0.369 e. The van der Waals surface area contributed by atoms with Crippen LogP contribution >= 0.6 is 0 Å². The third-order valence-corrected chi connectivity index (χ3v) is 7.62. The molecule has 3 aromatic rings. The SMILES string of the molecule is NC(=O)Cc1ccc([C@H]2CC[C@@H](N3CC(NC(=O)CNc4n[nH]c5ccc(C(F)(F)F)cc45)C3)CC2)cc1. The first-order chi connectivity index (χ1) is 18.2. The molecule has 2 amide bonds. The van der Waals surface area contributed by atoms with Gasteiger partial charge in [0.05, 0.1) is 30.1 Å². The average molecular weight is 529 g/mol. The van der Waals surface area contributed by atoms with Gasteiger partial charge in [-0.2, -0.15) is 18.3 Å². The average Bonchev–Trinajstić information content (AvgIpc) is 3.27. The van der Waals surface area contributed by atoms with Crippen LogP contribution in [0, 0.1) is 0 Å². The standard InChI is InChI=1S/C27H31F3N6O2/c28-27(29,30)19-7-10-23-22(12-19)26(35-34-23)32-13-25(38)33-20-14-36(15-20)21-8-5-18(6-9-21)17-3-1-16(2-4-17)11-24(31)37/h1-4,7,10,12,18,20-21H,5-6,8-9,11,13-15H2,(H2,31,37)(H,33,38)(H2,32,34,35)/t18-,21+. The molecule has 202 valence electrons. The van der Waals surface area contributed by atoms with Crippen LogP contribution in [0.25, 0.3) is 10.9 Å². The van der Waals surface area contributed by atoms with Crippen molar-refractivity contribution in [2.75, 3.05) is 25.0 Å². The number of nitrogens with zero attached hydrogens (tertiary/aromatic N) is 2. The largest absolute Gasteiger partial charge is 0.416 e. The van der Waals surface area contributed by atoms with Crippen LogP contribution in [-0.4, -0.2) is 58.6 Å². The number of H-pyrrole nitrogens is 1. The summed E-state index contributed by atoms with van der Waals surface area (Å²) in [5.74, 6) is 0.187.